The monoisotopic (exact) mass is 452 g/mol. The molecule has 8 heteroatoms. The molecule has 2 aromatic rings. The second-order valence-corrected chi connectivity index (χ2v) is 8.58. The van der Waals surface area contributed by atoms with E-state index in [0.717, 1.165) is 22.3 Å². The summed E-state index contributed by atoms with van der Waals surface area (Å²) in [6.07, 6.45) is -0.501. The fourth-order valence-electron chi connectivity index (χ4n) is 4.39. The van der Waals surface area contributed by atoms with Gasteiger partial charge in [-0.3, -0.25) is 9.59 Å². The van der Waals surface area contributed by atoms with Gasteiger partial charge in [-0.1, -0.05) is 55.5 Å². The van der Waals surface area contributed by atoms with Gasteiger partial charge >= 0.3 is 12.1 Å². The molecule has 33 heavy (non-hydrogen) atoms. The zero-order chi connectivity index (χ0) is 23.4. The van der Waals surface area contributed by atoms with Gasteiger partial charge in [0.25, 0.3) is 0 Å². The lowest BCUT2D eigenvalue weighted by atomic mass is 9.98. The molecule has 0 aromatic heterocycles. The highest BCUT2D eigenvalue weighted by Gasteiger charge is 2.31. The van der Waals surface area contributed by atoms with Crippen molar-refractivity contribution in [2.45, 2.75) is 25.4 Å². The molecule has 0 saturated carbocycles. The molecule has 1 unspecified atom stereocenters. The molecule has 2 amide bonds. The Balaban J connectivity index is 1.21. The minimum Gasteiger partial charge on any atom is -0.481 e. The summed E-state index contributed by atoms with van der Waals surface area (Å²) in [6, 6.07) is 16.2. The summed E-state index contributed by atoms with van der Waals surface area (Å²) < 4.78 is 10.9. The third-order valence-corrected chi connectivity index (χ3v) is 6.28. The van der Waals surface area contributed by atoms with Crippen LogP contribution in [0.5, 0.6) is 0 Å². The van der Waals surface area contributed by atoms with Crippen LogP contribution in [0.4, 0.5) is 4.79 Å². The van der Waals surface area contributed by atoms with Crippen molar-refractivity contribution in [1.29, 1.82) is 0 Å². The van der Waals surface area contributed by atoms with Gasteiger partial charge in [0.15, 0.2) is 0 Å². The number of hydrogen-bond donors (Lipinski definition) is 3. The number of amides is 2. The standard InChI is InChI=1S/C25H28N2O6/c1-15(23(28)26-12-17-10-16(13-32-17)24(29)30)11-27-25(31)33-14-22-20-8-4-2-6-18(20)19-7-3-5-9-21(19)22/h2-9,15-17,22H,10-14H2,1H3,(H,26,28)(H,27,31)(H,29,30)/t15?,16-,17-/m0/s1. The van der Waals surface area contributed by atoms with Gasteiger partial charge in [0.05, 0.1) is 24.5 Å². The summed E-state index contributed by atoms with van der Waals surface area (Å²) in [5.74, 6) is -2.15. The SMILES string of the molecule is CC(CNC(=O)OCC1c2ccccc2-c2ccccc21)C(=O)NC[C@@H]1C[C@H](C(=O)O)CO1. The van der Waals surface area contributed by atoms with E-state index in [2.05, 4.69) is 34.9 Å². The Kier molecular flexibility index (Phi) is 6.93. The lowest BCUT2D eigenvalue weighted by Crippen LogP contribution is -2.40. The number of carboxylic acids is 1. The van der Waals surface area contributed by atoms with Crippen LogP contribution in [0.2, 0.25) is 0 Å². The highest BCUT2D eigenvalue weighted by Crippen LogP contribution is 2.44. The highest BCUT2D eigenvalue weighted by atomic mass is 16.5. The minimum absolute atomic E-state index is 0.0232. The normalized spacial score (nSPS) is 19.9. The van der Waals surface area contributed by atoms with Crippen molar-refractivity contribution < 1.29 is 29.0 Å². The Bertz CT molecular complexity index is 994. The van der Waals surface area contributed by atoms with Crippen molar-refractivity contribution in [1.82, 2.24) is 10.6 Å². The summed E-state index contributed by atoms with van der Waals surface area (Å²) in [5, 5.41) is 14.4. The molecule has 1 saturated heterocycles. The number of alkyl carbamates (subject to hydrolysis) is 1. The fraction of sp³-hybridized carbons (Fsp3) is 0.400. The van der Waals surface area contributed by atoms with Crippen LogP contribution in [0.15, 0.2) is 48.5 Å². The summed E-state index contributed by atoms with van der Waals surface area (Å²) in [4.78, 5) is 35.6. The second kappa shape index (κ2) is 10.0. The van der Waals surface area contributed by atoms with E-state index in [4.69, 9.17) is 14.6 Å². The first-order chi connectivity index (χ1) is 15.9. The Morgan fingerprint density at radius 3 is 2.30 bits per heavy atom. The molecule has 1 fully saturated rings. The number of carbonyl (C=O) groups is 3. The molecule has 8 nitrogen and oxygen atoms in total. The highest BCUT2D eigenvalue weighted by molar-refractivity contribution is 5.80. The number of hydrogen-bond acceptors (Lipinski definition) is 5. The average Bonchev–Trinajstić information content (AvgIpc) is 3.43. The van der Waals surface area contributed by atoms with Gasteiger partial charge in [-0.2, -0.15) is 0 Å². The summed E-state index contributed by atoms with van der Waals surface area (Å²) in [6.45, 7) is 2.46. The molecule has 2 aliphatic rings. The van der Waals surface area contributed by atoms with Crippen molar-refractivity contribution >= 4 is 18.0 Å². The second-order valence-electron chi connectivity index (χ2n) is 8.58. The lowest BCUT2D eigenvalue weighted by Gasteiger charge is -2.17. The van der Waals surface area contributed by atoms with Crippen molar-refractivity contribution in [3.05, 3.63) is 59.7 Å². The Morgan fingerprint density at radius 2 is 1.70 bits per heavy atom. The molecule has 3 atom stereocenters. The van der Waals surface area contributed by atoms with E-state index in [9.17, 15) is 14.4 Å². The first-order valence-corrected chi connectivity index (χ1v) is 11.1. The summed E-state index contributed by atoms with van der Waals surface area (Å²) in [7, 11) is 0. The van der Waals surface area contributed by atoms with E-state index in [1.165, 1.54) is 0 Å². The van der Waals surface area contributed by atoms with E-state index < -0.39 is 23.9 Å². The topological polar surface area (TPSA) is 114 Å². The molecule has 3 N–H and O–H groups in total. The van der Waals surface area contributed by atoms with Gasteiger partial charge in [0.2, 0.25) is 5.91 Å². The van der Waals surface area contributed by atoms with Gasteiger partial charge in [-0.15, -0.1) is 0 Å². The third kappa shape index (κ3) is 5.17. The molecule has 0 bridgehead atoms. The molecule has 1 aliphatic heterocycles. The van der Waals surface area contributed by atoms with Crippen LogP contribution in [0.1, 0.15) is 30.4 Å². The van der Waals surface area contributed by atoms with Crippen molar-refractivity contribution in [3.63, 3.8) is 0 Å². The lowest BCUT2D eigenvalue weighted by molar-refractivity contribution is -0.141. The van der Waals surface area contributed by atoms with Crippen LogP contribution in [0.3, 0.4) is 0 Å². The van der Waals surface area contributed by atoms with Crippen LogP contribution in [0, 0.1) is 11.8 Å². The van der Waals surface area contributed by atoms with Crippen LogP contribution in [-0.2, 0) is 19.1 Å². The molecule has 1 heterocycles. The Hall–Kier alpha value is -3.39. The largest absolute Gasteiger partial charge is 0.481 e. The van der Waals surface area contributed by atoms with Gasteiger partial charge in [-0.05, 0) is 28.7 Å². The van der Waals surface area contributed by atoms with Gasteiger partial charge in [-0.25, -0.2) is 4.79 Å². The molecule has 0 radical (unpaired) electrons. The van der Waals surface area contributed by atoms with E-state index >= 15 is 0 Å². The number of nitrogens with one attached hydrogen (secondary N) is 2. The number of carbonyl (C=O) groups excluding carboxylic acids is 2. The van der Waals surface area contributed by atoms with Crippen molar-refractivity contribution in [2.75, 3.05) is 26.3 Å². The predicted octanol–water partition coefficient (Wildman–Crippen LogP) is 2.77. The van der Waals surface area contributed by atoms with Crippen molar-refractivity contribution in [3.8, 4) is 11.1 Å². The van der Waals surface area contributed by atoms with Gasteiger partial charge < -0.3 is 25.2 Å². The average molecular weight is 453 g/mol. The first-order valence-electron chi connectivity index (χ1n) is 11.1. The van der Waals surface area contributed by atoms with Crippen LogP contribution in [-0.4, -0.2) is 55.5 Å². The predicted molar refractivity (Wildman–Crippen MR) is 121 cm³/mol. The first kappa shape index (κ1) is 22.8. The third-order valence-electron chi connectivity index (χ3n) is 6.28. The number of fused-ring (bicyclic) bond motifs is 3. The van der Waals surface area contributed by atoms with E-state index in [0.29, 0.717) is 6.42 Å². The van der Waals surface area contributed by atoms with Crippen LogP contribution in [0.25, 0.3) is 11.1 Å². The maximum atomic E-state index is 12.3. The maximum absolute atomic E-state index is 12.3. The number of carboxylic acid groups (broad SMARTS) is 1. The zero-order valence-electron chi connectivity index (χ0n) is 18.5. The maximum Gasteiger partial charge on any atom is 0.407 e. The molecular formula is C25H28N2O6. The molecule has 2 aromatic carbocycles. The quantitative estimate of drug-likeness (QED) is 0.568. The summed E-state index contributed by atoms with van der Waals surface area (Å²) in [5.41, 5.74) is 4.60. The number of ether oxygens (including phenoxy) is 2. The van der Waals surface area contributed by atoms with E-state index in [1.807, 2.05) is 24.3 Å². The Labute approximate surface area is 192 Å². The number of aliphatic carboxylic acids is 1. The summed E-state index contributed by atoms with van der Waals surface area (Å²) >= 11 is 0. The van der Waals surface area contributed by atoms with Crippen molar-refractivity contribution in [2.24, 2.45) is 11.8 Å². The number of benzene rings is 2. The zero-order valence-corrected chi connectivity index (χ0v) is 18.5. The van der Waals surface area contributed by atoms with Gasteiger partial charge in [0, 0.05) is 19.0 Å². The van der Waals surface area contributed by atoms with Gasteiger partial charge in [0.1, 0.15) is 6.61 Å². The van der Waals surface area contributed by atoms with Crippen LogP contribution >= 0.6 is 0 Å². The number of rotatable bonds is 8. The molecule has 1 aliphatic carbocycles. The Morgan fingerprint density at radius 1 is 1.06 bits per heavy atom. The molecule has 174 valence electrons. The molecule has 4 rings (SSSR count). The van der Waals surface area contributed by atoms with E-state index in [1.54, 1.807) is 6.92 Å². The fourth-order valence-corrected chi connectivity index (χ4v) is 4.39. The molecular weight excluding hydrogens is 424 g/mol. The minimum atomic E-state index is -0.885. The molecule has 0 spiro atoms. The van der Waals surface area contributed by atoms with Crippen LogP contribution < -0.4 is 10.6 Å². The van der Waals surface area contributed by atoms with E-state index in [-0.39, 0.29) is 44.2 Å². The smallest absolute Gasteiger partial charge is 0.407 e.